The second-order valence-electron chi connectivity index (χ2n) is 4.52. The van der Waals surface area contributed by atoms with Crippen LogP contribution in [0.25, 0.3) is 0 Å². The lowest BCUT2D eigenvalue weighted by Crippen LogP contribution is -2.22. The quantitative estimate of drug-likeness (QED) is 0.857. The molecule has 1 N–H and O–H groups in total. The summed E-state index contributed by atoms with van der Waals surface area (Å²) in [6.07, 6.45) is 3.51. The molecule has 2 heteroatoms. The predicted molar refractivity (Wildman–Crippen MR) is 69.9 cm³/mol. The third-order valence-electron chi connectivity index (χ3n) is 3.20. The van der Waals surface area contributed by atoms with Crippen LogP contribution in [0.4, 0.5) is 0 Å². The molecule has 2 atom stereocenters. The van der Waals surface area contributed by atoms with Gasteiger partial charge in [-0.1, -0.05) is 24.3 Å². The van der Waals surface area contributed by atoms with Crippen LogP contribution in [-0.2, 0) is 0 Å². The number of hydrogen-bond acceptors (Lipinski definition) is 2. The minimum Gasteiger partial charge on any atom is -0.472 e. The minimum absolute atomic E-state index is 0.295. The van der Waals surface area contributed by atoms with E-state index in [4.69, 9.17) is 4.42 Å². The lowest BCUT2D eigenvalue weighted by Gasteiger charge is -2.21. The van der Waals surface area contributed by atoms with Crippen molar-refractivity contribution in [1.82, 2.24) is 5.32 Å². The van der Waals surface area contributed by atoms with Gasteiger partial charge in [0.2, 0.25) is 0 Å². The zero-order valence-corrected chi connectivity index (χ0v) is 10.6. The number of benzene rings is 1. The maximum atomic E-state index is 5.11. The molecule has 0 saturated carbocycles. The Morgan fingerprint density at radius 2 is 1.82 bits per heavy atom. The number of aryl methyl sites for hydroxylation is 1. The van der Waals surface area contributed by atoms with E-state index in [1.165, 1.54) is 16.7 Å². The van der Waals surface area contributed by atoms with Crippen molar-refractivity contribution in [3.63, 3.8) is 0 Å². The topological polar surface area (TPSA) is 25.2 Å². The van der Waals surface area contributed by atoms with E-state index in [0.717, 1.165) is 0 Å². The van der Waals surface area contributed by atoms with Gasteiger partial charge < -0.3 is 9.73 Å². The van der Waals surface area contributed by atoms with E-state index in [2.05, 4.69) is 50.4 Å². The van der Waals surface area contributed by atoms with Crippen molar-refractivity contribution in [2.75, 3.05) is 0 Å². The van der Waals surface area contributed by atoms with Crippen LogP contribution in [0.5, 0.6) is 0 Å². The predicted octanol–water partition coefficient (Wildman–Crippen LogP) is 4.00. The van der Waals surface area contributed by atoms with Crippen LogP contribution in [0.15, 0.2) is 47.3 Å². The van der Waals surface area contributed by atoms with Crippen molar-refractivity contribution in [2.45, 2.75) is 32.9 Å². The van der Waals surface area contributed by atoms with Crippen molar-refractivity contribution in [3.05, 3.63) is 59.5 Å². The summed E-state index contributed by atoms with van der Waals surface area (Å²) in [5.41, 5.74) is 3.86. The van der Waals surface area contributed by atoms with E-state index < -0.39 is 0 Å². The largest absolute Gasteiger partial charge is 0.472 e. The summed E-state index contributed by atoms with van der Waals surface area (Å²) >= 11 is 0. The number of furan rings is 1. The molecule has 0 fully saturated rings. The van der Waals surface area contributed by atoms with E-state index >= 15 is 0 Å². The first-order valence-electron chi connectivity index (χ1n) is 6.02. The second kappa shape index (κ2) is 5.19. The Balaban J connectivity index is 2.07. The Bertz CT molecular complexity index is 462. The lowest BCUT2D eigenvalue weighted by molar-refractivity contribution is 0.485. The maximum Gasteiger partial charge on any atom is 0.0950 e. The van der Waals surface area contributed by atoms with Crippen molar-refractivity contribution >= 4 is 0 Å². The second-order valence-corrected chi connectivity index (χ2v) is 4.52. The summed E-state index contributed by atoms with van der Waals surface area (Å²) in [4.78, 5) is 0. The summed E-state index contributed by atoms with van der Waals surface area (Å²) in [6.45, 7) is 6.49. The number of hydrogen-bond donors (Lipinski definition) is 1. The standard InChI is InChI=1S/C15H19NO/c1-11-6-4-5-7-15(11)13(3)16-12(2)14-8-9-17-10-14/h4-10,12-13,16H,1-3H3/t12?,13-/m0/s1. The highest BCUT2D eigenvalue weighted by molar-refractivity contribution is 5.28. The van der Waals surface area contributed by atoms with Gasteiger partial charge in [-0.05, 0) is 38.0 Å². The van der Waals surface area contributed by atoms with E-state index in [1.807, 2.05) is 6.07 Å². The van der Waals surface area contributed by atoms with Crippen LogP contribution >= 0.6 is 0 Å². The first kappa shape index (κ1) is 11.9. The molecule has 1 aromatic carbocycles. The van der Waals surface area contributed by atoms with Crippen LogP contribution < -0.4 is 5.32 Å². The van der Waals surface area contributed by atoms with Crippen molar-refractivity contribution in [1.29, 1.82) is 0 Å². The van der Waals surface area contributed by atoms with E-state index in [0.29, 0.717) is 12.1 Å². The third-order valence-corrected chi connectivity index (χ3v) is 3.20. The van der Waals surface area contributed by atoms with Gasteiger partial charge >= 0.3 is 0 Å². The van der Waals surface area contributed by atoms with E-state index in [1.54, 1.807) is 12.5 Å². The highest BCUT2D eigenvalue weighted by Crippen LogP contribution is 2.21. The molecule has 0 bridgehead atoms. The molecule has 0 amide bonds. The van der Waals surface area contributed by atoms with Gasteiger partial charge in [-0.3, -0.25) is 0 Å². The molecule has 0 radical (unpaired) electrons. The van der Waals surface area contributed by atoms with Crippen molar-refractivity contribution in [3.8, 4) is 0 Å². The fourth-order valence-corrected chi connectivity index (χ4v) is 2.16. The van der Waals surface area contributed by atoms with Gasteiger partial charge in [0, 0.05) is 17.6 Å². The average Bonchev–Trinajstić information content (AvgIpc) is 2.82. The SMILES string of the molecule is Cc1ccccc1[C@H](C)NC(C)c1ccoc1. The molecule has 2 aromatic rings. The summed E-state index contributed by atoms with van der Waals surface area (Å²) in [5, 5.41) is 3.58. The monoisotopic (exact) mass is 229 g/mol. The molecular formula is C15H19NO. The van der Waals surface area contributed by atoms with Crippen LogP contribution in [0.1, 0.15) is 42.6 Å². The molecule has 90 valence electrons. The van der Waals surface area contributed by atoms with Gasteiger partial charge in [0.15, 0.2) is 0 Å². The van der Waals surface area contributed by atoms with Gasteiger partial charge in [-0.25, -0.2) is 0 Å². The van der Waals surface area contributed by atoms with E-state index in [-0.39, 0.29) is 0 Å². The van der Waals surface area contributed by atoms with Gasteiger partial charge in [-0.15, -0.1) is 0 Å². The number of nitrogens with one attached hydrogen (secondary N) is 1. The highest BCUT2D eigenvalue weighted by Gasteiger charge is 2.12. The zero-order chi connectivity index (χ0) is 12.3. The lowest BCUT2D eigenvalue weighted by atomic mass is 10.0. The van der Waals surface area contributed by atoms with E-state index in [9.17, 15) is 0 Å². The Morgan fingerprint density at radius 1 is 1.06 bits per heavy atom. The summed E-state index contributed by atoms with van der Waals surface area (Å²) < 4.78 is 5.11. The first-order chi connectivity index (χ1) is 8.18. The zero-order valence-electron chi connectivity index (χ0n) is 10.6. The molecule has 0 aliphatic rings. The molecule has 1 aromatic heterocycles. The maximum absolute atomic E-state index is 5.11. The van der Waals surface area contributed by atoms with Crippen LogP contribution in [0.2, 0.25) is 0 Å². The number of rotatable bonds is 4. The first-order valence-corrected chi connectivity index (χ1v) is 6.02. The van der Waals surface area contributed by atoms with Crippen molar-refractivity contribution in [2.24, 2.45) is 0 Å². The molecule has 0 spiro atoms. The Kier molecular flexibility index (Phi) is 3.64. The molecule has 1 heterocycles. The van der Waals surface area contributed by atoms with Crippen LogP contribution in [0, 0.1) is 6.92 Å². The third kappa shape index (κ3) is 2.77. The van der Waals surface area contributed by atoms with Gasteiger partial charge in [0.1, 0.15) is 0 Å². The fourth-order valence-electron chi connectivity index (χ4n) is 2.16. The van der Waals surface area contributed by atoms with Crippen LogP contribution in [0.3, 0.4) is 0 Å². The van der Waals surface area contributed by atoms with Crippen LogP contribution in [-0.4, -0.2) is 0 Å². The summed E-state index contributed by atoms with van der Waals surface area (Å²) in [6, 6.07) is 11.1. The fraction of sp³-hybridized carbons (Fsp3) is 0.333. The Morgan fingerprint density at radius 3 is 2.47 bits per heavy atom. The smallest absolute Gasteiger partial charge is 0.0950 e. The van der Waals surface area contributed by atoms with Gasteiger partial charge in [0.05, 0.1) is 12.5 Å². The molecule has 2 rings (SSSR count). The Labute approximate surface area is 103 Å². The van der Waals surface area contributed by atoms with Gasteiger partial charge in [-0.2, -0.15) is 0 Å². The van der Waals surface area contributed by atoms with Crippen molar-refractivity contribution < 1.29 is 4.42 Å². The molecule has 17 heavy (non-hydrogen) atoms. The average molecular weight is 229 g/mol. The Hall–Kier alpha value is -1.54. The molecular weight excluding hydrogens is 210 g/mol. The summed E-state index contributed by atoms with van der Waals surface area (Å²) in [5.74, 6) is 0. The minimum atomic E-state index is 0.295. The molecule has 0 aliphatic carbocycles. The molecule has 1 unspecified atom stereocenters. The highest BCUT2D eigenvalue weighted by atomic mass is 16.3. The molecule has 0 saturated heterocycles. The molecule has 2 nitrogen and oxygen atoms in total. The summed E-state index contributed by atoms with van der Waals surface area (Å²) in [7, 11) is 0. The van der Waals surface area contributed by atoms with Gasteiger partial charge in [0.25, 0.3) is 0 Å². The molecule has 0 aliphatic heterocycles. The normalized spacial score (nSPS) is 14.5.